The van der Waals surface area contributed by atoms with Gasteiger partial charge in [0.1, 0.15) is 11.3 Å². The molecule has 0 aliphatic rings. The summed E-state index contributed by atoms with van der Waals surface area (Å²) >= 11 is 0. The van der Waals surface area contributed by atoms with Crippen LogP contribution in [0.3, 0.4) is 0 Å². The summed E-state index contributed by atoms with van der Waals surface area (Å²) in [5.41, 5.74) is 7.38. The van der Waals surface area contributed by atoms with E-state index in [-0.39, 0.29) is 0 Å². The maximum atomic E-state index is 5.90. The Kier molecular flexibility index (Phi) is 1.24. The zero-order chi connectivity index (χ0) is 9.71. The Morgan fingerprint density at radius 2 is 1.93 bits per heavy atom. The first-order valence-electron chi connectivity index (χ1n) is 4.43. The van der Waals surface area contributed by atoms with Gasteiger partial charge in [0.15, 0.2) is 0 Å². The molecule has 0 unspecified atom stereocenters. The van der Waals surface area contributed by atoms with Crippen LogP contribution in [0.2, 0.25) is 0 Å². The molecule has 0 saturated carbocycles. The Bertz CT molecular complexity index is 619. The standard InChI is InChI=1S/C11H9NO2/c1-6-10(12)9-7-4-2-3-5-8(7)14-11(9)13-6/h2-5H,12H2,1H3. The van der Waals surface area contributed by atoms with E-state index in [0.717, 1.165) is 16.4 Å². The molecule has 0 amide bonds. The Balaban J connectivity index is 2.62. The topological polar surface area (TPSA) is 52.3 Å². The van der Waals surface area contributed by atoms with Crippen LogP contribution in [0.5, 0.6) is 0 Å². The van der Waals surface area contributed by atoms with Gasteiger partial charge >= 0.3 is 5.78 Å². The zero-order valence-corrected chi connectivity index (χ0v) is 7.70. The van der Waals surface area contributed by atoms with Crippen LogP contribution in [0.1, 0.15) is 5.76 Å². The van der Waals surface area contributed by atoms with Crippen LogP contribution in [0, 0.1) is 6.92 Å². The molecule has 1 aromatic carbocycles. The lowest BCUT2D eigenvalue weighted by molar-refractivity contribution is 0.481. The molecule has 0 bridgehead atoms. The van der Waals surface area contributed by atoms with Gasteiger partial charge in [0, 0.05) is 5.39 Å². The predicted molar refractivity (Wildman–Crippen MR) is 55.1 cm³/mol. The van der Waals surface area contributed by atoms with Crippen molar-refractivity contribution in [3.63, 3.8) is 0 Å². The van der Waals surface area contributed by atoms with Crippen LogP contribution in [-0.4, -0.2) is 0 Å². The number of nitrogens with two attached hydrogens (primary N) is 1. The highest BCUT2D eigenvalue weighted by atomic mass is 16.5. The summed E-state index contributed by atoms with van der Waals surface area (Å²) in [7, 11) is 0. The highest BCUT2D eigenvalue weighted by molar-refractivity contribution is 6.09. The van der Waals surface area contributed by atoms with Crippen molar-refractivity contribution in [2.24, 2.45) is 0 Å². The van der Waals surface area contributed by atoms with Crippen molar-refractivity contribution in [3.8, 4) is 0 Å². The molecule has 3 aromatic rings. The summed E-state index contributed by atoms with van der Waals surface area (Å²) in [5, 5.41) is 1.90. The third kappa shape index (κ3) is 0.763. The Labute approximate surface area is 80.1 Å². The molecule has 70 valence electrons. The number of para-hydroxylation sites is 1. The Morgan fingerprint density at radius 1 is 1.14 bits per heavy atom. The molecule has 0 spiro atoms. The number of hydrogen-bond acceptors (Lipinski definition) is 3. The SMILES string of the molecule is Cc1oc2oc3ccccc3c2c1N. The second-order valence-electron chi connectivity index (χ2n) is 3.33. The van der Waals surface area contributed by atoms with Crippen LogP contribution in [-0.2, 0) is 0 Å². The van der Waals surface area contributed by atoms with Crippen molar-refractivity contribution < 1.29 is 8.83 Å². The second kappa shape index (κ2) is 2.32. The first kappa shape index (κ1) is 7.50. The van der Waals surface area contributed by atoms with E-state index >= 15 is 0 Å². The molecule has 0 aliphatic carbocycles. The number of aryl methyl sites for hydroxylation is 1. The van der Waals surface area contributed by atoms with Crippen molar-refractivity contribution in [2.45, 2.75) is 6.92 Å². The van der Waals surface area contributed by atoms with E-state index in [9.17, 15) is 0 Å². The molecule has 3 heteroatoms. The fourth-order valence-electron chi connectivity index (χ4n) is 1.72. The highest BCUT2D eigenvalue weighted by Crippen LogP contribution is 2.36. The van der Waals surface area contributed by atoms with Gasteiger partial charge in [-0.1, -0.05) is 18.2 Å². The molecule has 0 radical (unpaired) electrons. The Morgan fingerprint density at radius 3 is 2.79 bits per heavy atom. The molecular weight excluding hydrogens is 178 g/mol. The molecule has 2 aromatic heterocycles. The fourth-order valence-corrected chi connectivity index (χ4v) is 1.72. The van der Waals surface area contributed by atoms with Gasteiger partial charge < -0.3 is 14.6 Å². The van der Waals surface area contributed by atoms with Crippen LogP contribution in [0.25, 0.3) is 22.1 Å². The highest BCUT2D eigenvalue weighted by Gasteiger charge is 2.15. The molecule has 0 saturated heterocycles. The second-order valence-corrected chi connectivity index (χ2v) is 3.33. The van der Waals surface area contributed by atoms with Crippen molar-refractivity contribution in [3.05, 3.63) is 30.0 Å². The predicted octanol–water partition coefficient (Wildman–Crippen LogP) is 3.07. The van der Waals surface area contributed by atoms with E-state index in [1.54, 1.807) is 0 Å². The third-order valence-electron chi connectivity index (χ3n) is 2.46. The van der Waals surface area contributed by atoms with Crippen molar-refractivity contribution in [1.29, 1.82) is 0 Å². The van der Waals surface area contributed by atoms with Crippen molar-refractivity contribution in [2.75, 3.05) is 5.73 Å². The molecule has 14 heavy (non-hydrogen) atoms. The number of benzene rings is 1. The number of rotatable bonds is 0. The summed E-state index contributed by atoms with van der Waals surface area (Å²) < 4.78 is 10.9. The zero-order valence-electron chi connectivity index (χ0n) is 7.70. The average molecular weight is 187 g/mol. The Hall–Kier alpha value is -1.90. The maximum absolute atomic E-state index is 5.90. The fraction of sp³-hybridized carbons (Fsp3) is 0.0909. The van der Waals surface area contributed by atoms with Crippen LogP contribution in [0.15, 0.2) is 33.1 Å². The molecule has 0 fully saturated rings. The summed E-state index contributed by atoms with van der Waals surface area (Å²) in [5.74, 6) is 1.23. The quantitative estimate of drug-likeness (QED) is 0.588. The van der Waals surface area contributed by atoms with E-state index in [1.165, 1.54) is 0 Å². The number of furan rings is 2. The van der Waals surface area contributed by atoms with E-state index in [2.05, 4.69) is 0 Å². The smallest absolute Gasteiger partial charge is 0.300 e. The maximum Gasteiger partial charge on any atom is 0.300 e. The first-order valence-corrected chi connectivity index (χ1v) is 4.43. The summed E-state index contributed by atoms with van der Waals surface area (Å²) in [6.07, 6.45) is 0. The summed E-state index contributed by atoms with van der Waals surface area (Å²) in [6, 6.07) is 7.76. The molecule has 0 aliphatic heterocycles. The molecular formula is C11H9NO2. The molecule has 2 N–H and O–H groups in total. The van der Waals surface area contributed by atoms with E-state index in [1.807, 2.05) is 31.2 Å². The van der Waals surface area contributed by atoms with Crippen molar-refractivity contribution >= 4 is 27.8 Å². The normalized spacial score (nSPS) is 11.5. The minimum Gasteiger partial charge on any atom is -0.428 e. The minimum absolute atomic E-state index is 0.515. The lowest BCUT2D eigenvalue weighted by atomic mass is 10.2. The molecule has 3 rings (SSSR count). The van der Waals surface area contributed by atoms with Crippen LogP contribution >= 0.6 is 0 Å². The first-order chi connectivity index (χ1) is 6.77. The van der Waals surface area contributed by atoms with Crippen LogP contribution in [0.4, 0.5) is 5.69 Å². The number of nitrogen functional groups attached to an aromatic ring is 1. The van der Waals surface area contributed by atoms with Crippen LogP contribution < -0.4 is 5.73 Å². The third-order valence-corrected chi connectivity index (χ3v) is 2.46. The van der Waals surface area contributed by atoms with Gasteiger partial charge in [-0.2, -0.15) is 0 Å². The van der Waals surface area contributed by atoms with E-state index < -0.39 is 0 Å². The molecule has 3 nitrogen and oxygen atoms in total. The van der Waals surface area contributed by atoms with Gasteiger partial charge in [-0.3, -0.25) is 0 Å². The molecule has 0 atom stereocenters. The van der Waals surface area contributed by atoms with Crippen molar-refractivity contribution in [1.82, 2.24) is 0 Å². The van der Waals surface area contributed by atoms with Gasteiger partial charge in [0.25, 0.3) is 0 Å². The van der Waals surface area contributed by atoms with Gasteiger partial charge in [-0.15, -0.1) is 0 Å². The summed E-state index contributed by atoms with van der Waals surface area (Å²) in [6.45, 7) is 1.83. The average Bonchev–Trinajstić information content (AvgIpc) is 2.65. The lowest BCUT2D eigenvalue weighted by Gasteiger charge is -1.89. The van der Waals surface area contributed by atoms with Gasteiger partial charge in [0.2, 0.25) is 0 Å². The summed E-state index contributed by atoms with van der Waals surface area (Å²) in [4.78, 5) is 0. The van der Waals surface area contributed by atoms with Gasteiger partial charge in [0.05, 0.1) is 11.1 Å². The number of fused-ring (bicyclic) bond motifs is 3. The lowest BCUT2D eigenvalue weighted by Crippen LogP contribution is -1.83. The number of hydrogen-bond donors (Lipinski definition) is 1. The minimum atomic E-state index is 0.515. The largest absolute Gasteiger partial charge is 0.428 e. The van der Waals surface area contributed by atoms with E-state index in [0.29, 0.717) is 17.2 Å². The van der Waals surface area contributed by atoms with E-state index in [4.69, 9.17) is 14.6 Å². The monoisotopic (exact) mass is 187 g/mol. The van der Waals surface area contributed by atoms with Gasteiger partial charge in [-0.05, 0) is 13.0 Å². The molecule has 2 heterocycles. The van der Waals surface area contributed by atoms with Gasteiger partial charge in [-0.25, -0.2) is 0 Å². The number of anilines is 1.